The van der Waals surface area contributed by atoms with E-state index in [2.05, 4.69) is 0 Å². The minimum Gasteiger partial charge on any atom is -0.497 e. The second-order valence-electron chi connectivity index (χ2n) is 6.58. The lowest BCUT2D eigenvalue weighted by Crippen LogP contribution is -2.24. The third-order valence-corrected chi connectivity index (χ3v) is 4.62. The van der Waals surface area contributed by atoms with E-state index < -0.39 is 6.09 Å². The number of aromatic nitrogens is 2. The van der Waals surface area contributed by atoms with Crippen LogP contribution in [0.2, 0.25) is 0 Å². The number of ether oxygens (including phenoxy) is 1. The third-order valence-electron chi connectivity index (χ3n) is 4.62. The van der Waals surface area contributed by atoms with Crippen LogP contribution in [-0.2, 0) is 6.54 Å². The summed E-state index contributed by atoms with van der Waals surface area (Å²) in [7, 11) is 3.22. The lowest BCUT2D eigenvalue weighted by atomic mass is 10.0. The molecular weight excluding hydrogens is 342 g/mol. The Morgan fingerprint density at radius 3 is 2.59 bits per heavy atom. The van der Waals surface area contributed by atoms with Gasteiger partial charge in [-0.15, -0.1) is 0 Å². The van der Waals surface area contributed by atoms with Gasteiger partial charge in [-0.3, -0.25) is 0 Å². The summed E-state index contributed by atoms with van der Waals surface area (Å²) in [6.07, 6.45) is 0.978. The van der Waals surface area contributed by atoms with Gasteiger partial charge in [-0.25, -0.2) is 9.48 Å². The first-order valence-corrected chi connectivity index (χ1v) is 8.63. The number of hydrogen-bond acceptors (Lipinski definition) is 3. The molecule has 0 aliphatic carbocycles. The van der Waals surface area contributed by atoms with Crippen LogP contribution in [0.15, 0.2) is 48.7 Å². The van der Waals surface area contributed by atoms with Gasteiger partial charge in [0.1, 0.15) is 5.75 Å². The molecule has 0 aliphatic heterocycles. The highest BCUT2D eigenvalue weighted by atomic mass is 16.5. The Hall–Kier alpha value is -3.28. The summed E-state index contributed by atoms with van der Waals surface area (Å²) in [5.74, 6) is 0.814. The molecule has 1 N–H and O–H groups in total. The number of methoxy groups -OCH3 is 1. The molecule has 0 atom stereocenters. The zero-order valence-corrected chi connectivity index (χ0v) is 15.9. The normalized spacial score (nSPS) is 10.7. The summed E-state index contributed by atoms with van der Waals surface area (Å²) in [6.45, 7) is 4.34. The van der Waals surface area contributed by atoms with E-state index in [1.807, 2.05) is 67.2 Å². The molecule has 0 spiro atoms. The van der Waals surface area contributed by atoms with E-state index in [0.717, 1.165) is 39.4 Å². The van der Waals surface area contributed by atoms with Crippen molar-refractivity contribution in [3.05, 3.63) is 65.4 Å². The summed E-state index contributed by atoms with van der Waals surface area (Å²) in [5, 5.41) is 13.8. The Morgan fingerprint density at radius 1 is 1.15 bits per heavy atom. The van der Waals surface area contributed by atoms with E-state index in [4.69, 9.17) is 14.9 Å². The van der Waals surface area contributed by atoms with Gasteiger partial charge < -0.3 is 14.7 Å². The van der Waals surface area contributed by atoms with Crippen LogP contribution in [0.1, 0.15) is 16.7 Å². The second kappa shape index (κ2) is 7.53. The van der Waals surface area contributed by atoms with Gasteiger partial charge in [0, 0.05) is 25.4 Å². The van der Waals surface area contributed by atoms with Crippen LogP contribution < -0.4 is 4.74 Å². The maximum atomic E-state index is 11.1. The summed E-state index contributed by atoms with van der Waals surface area (Å²) in [4.78, 5) is 12.4. The molecule has 3 aromatic rings. The van der Waals surface area contributed by atoms with Gasteiger partial charge in [0.05, 0.1) is 18.5 Å². The smallest absolute Gasteiger partial charge is 0.407 e. The largest absolute Gasteiger partial charge is 0.497 e. The van der Waals surface area contributed by atoms with E-state index in [1.54, 1.807) is 14.2 Å². The lowest BCUT2D eigenvalue weighted by Gasteiger charge is -2.15. The van der Waals surface area contributed by atoms with Crippen molar-refractivity contribution in [3.8, 4) is 22.7 Å². The maximum absolute atomic E-state index is 11.1. The van der Waals surface area contributed by atoms with Crippen molar-refractivity contribution in [3.63, 3.8) is 0 Å². The van der Waals surface area contributed by atoms with Crippen molar-refractivity contribution in [2.45, 2.75) is 20.4 Å². The van der Waals surface area contributed by atoms with Crippen molar-refractivity contribution < 1.29 is 14.6 Å². The molecule has 27 heavy (non-hydrogen) atoms. The molecule has 0 fully saturated rings. The Kier molecular flexibility index (Phi) is 5.16. The average Bonchev–Trinajstić information content (AvgIpc) is 3.13. The molecule has 1 heterocycles. The maximum Gasteiger partial charge on any atom is 0.407 e. The molecule has 0 radical (unpaired) electrons. The third kappa shape index (κ3) is 3.95. The highest BCUT2D eigenvalue weighted by molar-refractivity contribution is 5.65. The summed E-state index contributed by atoms with van der Waals surface area (Å²) in [6, 6.07) is 13.8. The first kappa shape index (κ1) is 18.5. The van der Waals surface area contributed by atoms with Crippen LogP contribution in [0.25, 0.3) is 16.9 Å². The summed E-state index contributed by atoms with van der Waals surface area (Å²) < 4.78 is 7.10. The Balaban J connectivity index is 1.91. The molecule has 1 amide bonds. The Morgan fingerprint density at radius 2 is 1.93 bits per heavy atom. The number of amides is 1. The van der Waals surface area contributed by atoms with Crippen molar-refractivity contribution >= 4 is 6.09 Å². The molecule has 140 valence electrons. The van der Waals surface area contributed by atoms with Crippen LogP contribution in [-0.4, -0.2) is 40.0 Å². The highest BCUT2D eigenvalue weighted by Gasteiger charge is 2.11. The molecule has 0 saturated heterocycles. The van der Waals surface area contributed by atoms with Crippen molar-refractivity contribution in [1.29, 1.82) is 0 Å². The SMILES string of the molecule is COc1ccc(-n2ccc(-c3ccc(C)c(CN(C)C(=O)O)c3)n2)c(C)c1. The Labute approximate surface area is 158 Å². The average molecular weight is 365 g/mol. The van der Waals surface area contributed by atoms with E-state index in [9.17, 15) is 4.79 Å². The van der Waals surface area contributed by atoms with Crippen molar-refractivity contribution in [1.82, 2.24) is 14.7 Å². The molecule has 0 unspecified atom stereocenters. The summed E-state index contributed by atoms with van der Waals surface area (Å²) >= 11 is 0. The number of nitrogens with zero attached hydrogens (tertiary/aromatic N) is 3. The number of rotatable bonds is 5. The Bertz CT molecular complexity index is 979. The number of aryl methyl sites for hydroxylation is 2. The monoisotopic (exact) mass is 365 g/mol. The van der Waals surface area contributed by atoms with Gasteiger partial charge in [0.2, 0.25) is 0 Å². The number of benzene rings is 2. The van der Waals surface area contributed by atoms with Gasteiger partial charge in [-0.2, -0.15) is 5.10 Å². The van der Waals surface area contributed by atoms with Gasteiger partial charge in [0.25, 0.3) is 0 Å². The van der Waals surface area contributed by atoms with E-state index in [-0.39, 0.29) is 0 Å². The van der Waals surface area contributed by atoms with Gasteiger partial charge in [0.15, 0.2) is 0 Å². The number of carboxylic acid groups (broad SMARTS) is 1. The fourth-order valence-electron chi connectivity index (χ4n) is 2.95. The highest BCUT2D eigenvalue weighted by Crippen LogP contribution is 2.25. The van der Waals surface area contributed by atoms with Crippen LogP contribution in [0.4, 0.5) is 4.79 Å². The predicted molar refractivity (Wildman–Crippen MR) is 105 cm³/mol. The molecule has 0 saturated carbocycles. The van der Waals surface area contributed by atoms with Gasteiger partial charge in [-0.05, 0) is 60.9 Å². The van der Waals surface area contributed by atoms with E-state index in [1.165, 1.54) is 4.90 Å². The van der Waals surface area contributed by atoms with Crippen molar-refractivity contribution in [2.75, 3.05) is 14.2 Å². The molecule has 0 aliphatic rings. The van der Waals surface area contributed by atoms with E-state index in [0.29, 0.717) is 6.54 Å². The van der Waals surface area contributed by atoms with E-state index >= 15 is 0 Å². The predicted octanol–water partition coefficient (Wildman–Crippen LogP) is 4.27. The lowest BCUT2D eigenvalue weighted by molar-refractivity contribution is 0.153. The zero-order valence-electron chi connectivity index (χ0n) is 15.9. The minimum absolute atomic E-state index is 0.341. The standard InChI is InChI=1S/C21H23N3O3/c1-14-5-6-16(12-17(14)13-23(3)21(25)26)19-9-10-24(22-19)20-8-7-18(27-4)11-15(20)2/h5-12H,13H2,1-4H3,(H,25,26). The minimum atomic E-state index is -0.945. The molecule has 3 rings (SSSR count). The van der Waals surface area contributed by atoms with Crippen LogP contribution in [0.5, 0.6) is 5.75 Å². The quantitative estimate of drug-likeness (QED) is 0.733. The first-order chi connectivity index (χ1) is 12.9. The summed E-state index contributed by atoms with van der Waals surface area (Å²) in [5.41, 5.74) is 5.87. The van der Waals surface area contributed by atoms with Crippen LogP contribution >= 0.6 is 0 Å². The molecule has 6 heteroatoms. The molecule has 1 aromatic heterocycles. The molecule has 0 bridgehead atoms. The second-order valence-corrected chi connectivity index (χ2v) is 6.58. The molecule has 6 nitrogen and oxygen atoms in total. The van der Waals surface area contributed by atoms with Crippen molar-refractivity contribution in [2.24, 2.45) is 0 Å². The topological polar surface area (TPSA) is 67.6 Å². The van der Waals surface area contributed by atoms with Gasteiger partial charge in [-0.1, -0.05) is 12.1 Å². The van der Waals surface area contributed by atoms with Crippen LogP contribution in [0.3, 0.4) is 0 Å². The van der Waals surface area contributed by atoms with Crippen LogP contribution in [0, 0.1) is 13.8 Å². The fraction of sp³-hybridized carbons (Fsp3) is 0.238. The first-order valence-electron chi connectivity index (χ1n) is 8.63. The fourth-order valence-corrected chi connectivity index (χ4v) is 2.95. The number of carbonyl (C=O) groups is 1. The molecular formula is C21H23N3O3. The number of hydrogen-bond donors (Lipinski definition) is 1. The zero-order chi connectivity index (χ0) is 19.6. The van der Waals surface area contributed by atoms with Gasteiger partial charge >= 0.3 is 6.09 Å². The molecule has 2 aromatic carbocycles.